The molecule has 0 bridgehead atoms. The molecule has 5 aromatic rings. The molecule has 0 amide bonds. The Morgan fingerprint density at radius 1 is 0.793 bits per heavy atom. The van der Waals surface area contributed by atoms with Gasteiger partial charge in [-0.1, -0.05) is 19.1 Å². The number of hydrogen-bond donors (Lipinski definition) is 2. The number of aromatic nitrogens is 2. The van der Waals surface area contributed by atoms with Crippen molar-refractivity contribution in [3.63, 3.8) is 0 Å². The predicted octanol–water partition coefficient (Wildman–Crippen LogP) is 4.30. The lowest BCUT2D eigenvalue weighted by Crippen LogP contribution is -2.12. The molecule has 0 radical (unpaired) electrons. The minimum absolute atomic E-state index is 0.00758. The highest BCUT2D eigenvalue weighted by molar-refractivity contribution is 6.05. The number of pyridine rings is 2. The number of anilines is 1. The van der Waals surface area contributed by atoms with E-state index in [4.69, 9.17) is 0 Å². The first-order valence-electron chi connectivity index (χ1n) is 9.73. The van der Waals surface area contributed by atoms with Gasteiger partial charge in [0.15, 0.2) is 10.9 Å². The van der Waals surface area contributed by atoms with Gasteiger partial charge in [-0.05, 0) is 48.4 Å². The third-order valence-corrected chi connectivity index (χ3v) is 5.72. The molecule has 0 aliphatic rings. The second kappa shape index (κ2) is 6.21. The Labute approximate surface area is 166 Å². The Bertz CT molecular complexity index is 1560. The maximum Gasteiger partial charge on any atom is 0.197 e. The van der Waals surface area contributed by atoms with E-state index in [0.29, 0.717) is 33.5 Å². The van der Waals surface area contributed by atoms with E-state index in [0.717, 1.165) is 27.8 Å². The molecule has 0 saturated heterocycles. The van der Waals surface area contributed by atoms with E-state index in [1.807, 2.05) is 74.4 Å². The van der Waals surface area contributed by atoms with Crippen LogP contribution in [-0.2, 0) is 6.42 Å². The first kappa shape index (κ1) is 17.5. The maximum atomic E-state index is 13.4. The van der Waals surface area contributed by atoms with E-state index >= 15 is 0 Å². The lowest BCUT2D eigenvalue weighted by molar-refractivity contribution is 1.13. The third-order valence-electron chi connectivity index (χ3n) is 5.72. The SMILES string of the molecule is CCc1c2[nH]c3ccccc3c(=O)c2cc2[nH]c3cc(N(C)C)ccc3c(=O)c12. The standard InChI is InChI=1S/C24H21N3O2/c1-4-14-21-20(25-19-11-13(27(2)3)9-10-16(19)24(21)29)12-17-22(14)26-18-8-6-5-7-15(18)23(17)28/h5-12H,4H2,1-3H3,(H,25,29)(H,26,28). The van der Waals surface area contributed by atoms with Gasteiger partial charge in [0.25, 0.3) is 0 Å². The van der Waals surface area contributed by atoms with Crippen molar-refractivity contribution < 1.29 is 0 Å². The summed E-state index contributed by atoms with van der Waals surface area (Å²) < 4.78 is 0. The summed E-state index contributed by atoms with van der Waals surface area (Å²) in [6.07, 6.45) is 0.645. The highest BCUT2D eigenvalue weighted by atomic mass is 16.1. The van der Waals surface area contributed by atoms with Crippen molar-refractivity contribution in [1.82, 2.24) is 9.97 Å². The smallest absolute Gasteiger partial charge is 0.197 e. The van der Waals surface area contributed by atoms with Gasteiger partial charge < -0.3 is 14.9 Å². The highest BCUT2D eigenvalue weighted by Gasteiger charge is 2.16. The zero-order chi connectivity index (χ0) is 20.3. The zero-order valence-electron chi connectivity index (χ0n) is 16.6. The molecule has 2 heterocycles. The van der Waals surface area contributed by atoms with Crippen LogP contribution >= 0.6 is 0 Å². The van der Waals surface area contributed by atoms with Crippen molar-refractivity contribution in [3.05, 3.63) is 74.5 Å². The van der Waals surface area contributed by atoms with E-state index in [9.17, 15) is 9.59 Å². The minimum atomic E-state index is -0.0195. The Hall–Kier alpha value is -3.60. The third kappa shape index (κ3) is 2.47. The van der Waals surface area contributed by atoms with Gasteiger partial charge in [-0.3, -0.25) is 9.59 Å². The molecule has 29 heavy (non-hydrogen) atoms. The molecule has 5 nitrogen and oxygen atoms in total. The van der Waals surface area contributed by atoms with Gasteiger partial charge >= 0.3 is 0 Å². The molecular formula is C24H21N3O2. The van der Waals surface area contributed by atoms with Crippen LogP contribution in [0.1, 0.15) is 12.5 Å². The van der Waals surface area contributed by atoms with E-state index in [1.165, 1.54) is 0 Å². The first-order valence-corrected chi connectivity index (χ1v) is 9.73. The number of aromatic amines is 2. The summed E-state index contributed by atoms with van der Waals surface area (Å²) in [5.41, 5.74) is 4.86. The molecule has 5 heteroatoms. The fourth-order valence-electron chi connectivity index (χ4n) is 4.23. The van der Waals surface area contributed by atoms with Crippen molar-refractivity contribution in [2.24, 2.45) is 0 Å². The van der Waals surface area contributed by atoms with Crippen molar-refractivity contribution in [3.8, 4) is 0 Å². The van der Waals surface area contributed by atoms with Gasteiger partial charge in [0.1, 0.15) is 0 Å². The van der Waals surface area contributed by atoms with Crippen LogP contribution in [0.4, 0.5) is 5.69 Å². The Morgan fingerprint density at radius 3 is 2.31 bits per heavy atom. The summed E-state index contributed by atoms with van der Waals surface area (Å²) in [6.45, 7) is 2.01. The van der Waals surface area contributed by atoms with Crippen LogP contribution in [0.5, 0.6) is 0 Å². The molecule has 0 saturated carbocycles. The van der Waals surface area contributed by atoms with Gasteiger partial charge in [0.05, 0.1) is 21.9 Å². The molecule has 144 valence electrons. The Morgan fingerprint density at radius 2 is 1.55 bits per heavy atom. The summed E-state index contributed by atoms with van der Waals surface area (Å²) in [4.78, 5) is 35.4. The van der Waals surface area contributed by atoms with Gasteiger partial charge in [-0.15, -0.1) is 0 Å². The summed E-state index contributed by atoms with van der Waals surface area (Å²) >= 11 is 0. The number of benzene rings is 3. The lowest BCUT2D eigenvalue weighted by Gasteiger charge is -2.15. The summed E-state index contributed by atoms with van der Waals surface area (Å²) in [6, 6.07) is 15.1. The van der Waals surface area contributed by atoms with Crippen LogP contribution < -0.4 is 15.8 Å². The molecule has 0 spiro atoms. The average Bonchev–Trinajstić information content (AvgIpc) is 2.72. The van der Waals surface area contributed by atoms with Gasteiger partial charge in [0.2, 0.25) is 0 Å². The lowest BCUT2D eigenvalue weighted by atomic mass is 9.98. The fraction of sp³-hybridized carbons (Fsp3) is 0.167. The molecular weight excluding hydrogens is 362 g/mol. The number of H-pyrrole nitrogens is 2. The van der Waals surface area contributed by atoms with Gasteiger partial charge in [0, 0.05) is 41.5 Å². The fourth-order valence-corrected chi connectivity index (χ4v) is 4.23. The van der Waals surface area contributed by atoms with E-state index in [-0.39, 0.29) is 10.9 Å². The topological polar surface area (TPSA) is 69.0 Å². The van der Waals surface area contributed by atoms with E-state index in [1.54, 1.807) is 0 Å². The van der Waals surface area contributed by atoms with Crippen LogP contribution in [0.15, 0.2) is 58.1 Å². The summed E-state index contributed by atoms with van der Waals surface area (Å²) in [5.74, 6) is 0. The number of hydrogen-bond acceptors (Lipinski definition) is 3. The highest BCUT2D eigenvalue weighted by Crippen LogP contribution is 2.27. The molecule has 2 N–H and O–H groups in total. The minimum Gasteiger partial charge on any atom is -0.378 e. The van der Waals surface area contributed by atoms with Crippen molar-refractivity contribution in [1.29, 1.82) is 0 Å². The number of rotatable bonds is 2. The van der Waals surface area contributed by atoms with Crippen LogP contribution in [0.25, 0.3) is 43.6 Å². The number of aryl methyl sites for hydroxylation is 1. The Balaban J connectivity index is 2.01. The van der Waals surface area contributed by atoms with E-state index in [2.05, 4.69) is 9.97 Å². The first-order chi connectivity index (χ1) is 14.0. The maximum absolute atomic E-state index is 13.4. The molecule has 0 atom stereocenters. The van der Waals surface area contributed by atoms with Crippen LogP contribution in [0.2, 0.25) is 0 Å². The van der Waals surface area contributed by atoms with Crippen LogP contribution in [-0.4, -0.2) is 24.1 Å². The quantitative estimate of drug-likeness (QED) is 0.447. The number of nitrogens with one attached hydrogen (secondary N) is 2. The molecule has 5 rings (SSSR count). The summed E-state index contributed by atoms with van der Waals surface area (Å²) in [5, 5.41) is 2.56. The molecule has 0 fully saturated rings. The molecule has 2 aromatic heterocycles. The normalized spacial score (nSPS) is 11.7. The molecule has 0 unspecified atom stereocenters. The zero-order valence-corrected chi connectivity index (χ0v) is 16.6. The second-order valence-electron chi connectivity index (χ2n) is 7.63. The van der Waals surface area contributed by atoms with Gasteiger partial charge in [-0.25, -0.2) is 0 Å². The van der Waals surface area contributed by atoms with Crippen molar-refractivity contribution in [2.45, 2.75) is 13.3 Å². The predicted molar refractivity (Wildman–Crippen MR) is 121 cm³/mol. The van der Waals surface area contributed by atoms with Crippen molar-refractivity contribution >= 4 is 49.3 Å². The Kier molecular flexibility index (Phi) is 3.74. The van der Waals surface area contributed by atoms with Crippen LogP contribution in [0, 0.1) is 0 Å². The van der Waals surface area contributed by atoms with E-state index < -0.39 is 0 Å². The molecule has 0 aliphatic carbocycles. The molecule has 3 aromatic carbocycles. The molecule has 0 aliphatic heterocycles. The van der Waals surface area contributed by atoms with Crippen molar-refractivity contribution in [2.75, 3.05) is 19.0 Å². The van der Waals surface area contributed by atoms with Gasteiger partial charge in [-0.2, -0.15) is 0 Å². The average molecular weight is 383 g/mol. The number of para-hydroxylation sites is 1. The number of nitrogens with zero attached hydrogens (tertiary/aromatic N) is 1. The number of fused-ring (bicyclic) bond motifs is 4. The largest absolute Gasteiger partial charge is 0.378 e. The second-order valence-corrected chi connectivity index (χ2v) is 7.63. The summed E-state index contributed by atoms with van der Waals surface area (Å²) in [7, 11) is 3.93. The van der Waals surface area contributed by atoms with Crippen LogP contribution in [0.3, 0.4) is 0 Å². The monoisotopic (exact) mass is 383 g/mol.